The van der Waals surface area contributed by atoms with Crippen LogP contribution in [-0.2, 0) is 0 Å². The smallest absolute Gasteiger partial charge is 0.147 e. The van der Waals surface area contributed by atoms with Crippen molar-refractivity contribution in [1.82, 2.24) is 0 Å². The molecule has 0 amide bonds. The van der Waals surface area contributed by atoms with Gasteiger partial charge in [-0.15, -0.1) is 0 Å². The van der Waals surface area contributed by atoms with Crippen molar-refractivity contribution in [3.05, 3.63) is 58.3 Å². The molecule has 0 aliphatic carbocycles. The van der Waals surface area contributed by atoms with Gasteiger partial charge < -0.3 is 10.1 Å². The van der Waals surface area contributed by atoms with E-state index in [1.165, 1.54) is 6.07 Å². The largest absolute Gasteiger partial charge is 0.497 e. The van der Waals surface area contributed by atoms with Gasteiger partial charge in [-0.2, -0.15) is 0 Å². The van der Waals surface area contributed by atoms with Crippen LogP contribution >= 0.6 is 15.9 Å². The zero-order chi connectivity index (χ0) is 13.8. The predicted octanol–water partition coefficient (Wildman–Crippen LogP) is 4.77. The summed E-state index contributed by atoms with van der Waals surface area (Å²) in [4.78, 5) is 0. The molecule has 2 aromatic carbocycles. The maximum Gasteiger partial charge on any atom is 0.147 e. The first-order valence-electron chi connectivity index (χ1n) is 5.96. The molecule has 1 N–H and O–H groups in total. The van der Waals surface area contributed by atoms with Gasteiger partial charge in [0.05, 0.1) is 12.8 Å². The molecule has 0 radical (unpaired) electrons. The van der Waals surface area contributed by atoms with E-state index in [0.29, 0.717) is 10.2 Å². The van der Waals surface area contributed by atoms with Crippen molar-refractivity contribution in [2.45, 2.75) is 13.0 Å². The molecular weight excluding hydrogens is 309 g/mol. The number of ether oxygens (including phenoxy) is 1. The van der Waals surface area contributed by atoms with Crippen LogP contribution in [0, 0.1) is 5.82 Å². The normalized spacial score (nSPS) is 12.0. The summed E-state index contributed by atoms with van der Waals surface area (Å²) in [6, 6.07) is 12.6. The predicted molar refractivity (Wildman–Crippen MR) is 79.1 cm³/mol. The molecule has 0 aromatic heterocycles. The summed E-state index contributed by atoms with van der Waals surface area (Å²) in [6.45, 7) is 1.99. The highest BCUT2D eigenvalue weighted by atomic mass is 79.9. The number of rotatable bonds is 4. The Morgan fingerprint density at radius 2 is 1.84 bits per heavy atom. The zero-order valence-electron chi connectivity index (χ0n) is 10.8. The first-order valence-corrected chi connectivity index (χ1v) is 6.75. The van der Waals surface area contributed by atoms with Gasteiger partial charge >= 0.3 is 0 Å². The minimum absolute atomic E-state index is 0.000828. The van der Waals surface area contributed by atoms with E-state index in [4.69, 9.17) is 4.74 Å². The lowest BCUT2D eigenvalue weighted by molar-refractivity contribution is 0.414. The Morgan fingerprint density at radius 3 is 2.42 bits per heavy atom. The van der Waals surface area contributed by atoms with Gasteiger partial charge in [0.2, 0.25) is 0 Å². The molecule has 0 saturated heterocycles. The van der Waals surface area contributed by atoms with Gasteiger partial charge in [0.15, 0.2) is 0 Å². The van der Waals surface area contributed by atoms with E-state index in [-0.39, 0.29) is 11.9 Å². The molecule has 4 heteroatoms. The molecule has 0 aliphatic heterocycles. The van der Waals surface area contributed by atoms with E-state index in [2.05, 4.69) is 21.2 Å². The van der Waals surface area contributed by atoms with Gasteiger partial charge in [-0.25, -0.2) is 4.39 Å². The highest BCUT2D eigenvalue weighted by molar-refractivity contribution is 9.10. The average molecular weight is 324 g/mol. The van der Waals surface area contributed by atoms with Crippen molar-refractivity contribution < 1.29 is 9.13 Å². The van der Waals surface area contributed by atoms with E-state index in [0.717, 1.165) is 11.3 Å². The molecule has 2 rings (SSSR count). The summed E-state index contributed by atoms with van der Waals surface area (Å²) in [6.07, 6.45) is 0. The van der Waals surface area contributed by atoms with Crippen molar-refractivity contribution in [1.29, 1.82) is 0 Å². The second kappa shape index (κ2) is 6.06. The average Bonchev–Trinajstić information content (AvgIpc) is 2.43. The van der Waals surface area contributed by atoms with E-state index in [9.17, 15) is 4.39 Å². The second-order valence-electron chi connectivity index (χ2n) is 4.24. The Hall–Kier alpha value is -1.55. The van der Waals surface area contributed by atoms with Crippen LogP contribution in [0.3, 0.4) is 0 Å². The Balaban J connectivity index is 2.18. The Labute approximate surface area is 120 Å². The molecule has 0 fully saturated rings. The number of hydrogen-bond acceptors (Lipinski definition) is 2. The summed E-state index contributed by atoms with van der Waals surface area (Å²) >= 11 is 3.35. The first kappa shape index (κ1) is 13.9. The van der Waals surface area contributed by atoms with Crippen LogP contribution in [0.25, 0.3) is 0 Å². The fourth-order valence-corrected chi connectivity index (χ4v) is 2.28. The summed E-state index contributed by atoms with van der Waals surface area (Å²) < 4.78 is 19.6. The number of benzene rings is 2. The molecule has 1 atom stereocenters. The monoisotopic (exact) mass is 323 g/mol. The van der Waals surface area contributed by atoms with Gasteiger partial charge in [0, 0.05) is 10.5 Å². The highest BCUT2D eigenvalue weighted by Gasteiger charge is 2.11. The van der Waals surface area contributed by atoms with Crippen LogP contribution < -0.4 is 10.1 Å². The maximum absolute atomic E-state index is 13.7. The third kappa shape index (κ3) is 3.26. The molecule has 0 spiro atoms. The zero-order valence-corrected chi connectivity index (χ0v) is 12.4. The molecule has 2 aromatic rings. The number of nitrogens with one attached hydrogen (secondary N) is 1. The number of hydrogen-bond donors (Lipinski definition) is 1. The Morgan fingerprint density at radius 1 is 1.16 bits per heavy atom. The summed E-state index contributed by atoms with van der Waals surface area (Å²) in [5.41, 5.74) is 1.54. The van der Waals surface area contributed by atoms with Gasteiger partial charge in [0.1, 0.15) is 11.6 Å². The van der Waals surface area contributed by atoms with Crippen LogP contribution in [0.1, 0.15) is 18.5 Å². The Bertz CT molecular complexity index is 536. The van der Waals surface area contributed by atoms with Crippen molar-refractivity contribution in [2.75, 3.05) is 12.4 Å². The fraction of sp³-hybridized carbons (Fsp3) is 0.200. The molecular formula is C15H15BrFNO. The standard InChI is InChI=1S/C15H15BrFNO/c1-10(11-6-8-12(19-2)9-7-11)18-15-13(16)4-3-5-14(15)17/h3-10,18H,1-2H3. The summed E-state index contributed by atoms with van der Waals surface area (Å²) in [5.74, 6) is 0.540. The molecule has 19 heavy (non-hydrogen) atoms. The van der Waals surface area contributed by atoms with Gasteiger partial charge in [-0.05, 0) is 52.7 Å². The lowest BCUT2D eigenvalue weighted by Crippen LogP contribution is -2.08. The second-order valence-corrected chi connectivity index (χ2v) is 5.09. The molecule has 1 unspecified atom stereocenters. The third-order valence-electron chi connectivity index (χ3n) is 2.94. The van der Waals surface area contributed by atoms with Crippen molar-refractivity contribution >= 4 is 21.6 Å². The van der Waals surface area contributed by atoms with Crippen molar-refractivity contribution in [3.63, 3.8) is 0 Å². The maximum atomic E-state index is 13.7. The van der Waals surface area contributed by atoms with Gasteiger partial charge in [-0.3, -0.25) is 0 Å². The number of anilines is 1. The molecule has 100 valence electrons. The molecule has 0 saturated carbocycles. The lowest BCUT2D eigenvalue weighted by Gasteiger charge is -2.17. The van der Waals surface area contributed by atoms with E-state index >= 15 is 0 Å². The van der Waals surface area contributed by atoms with E-state index in [1.807, 2.05) is 37.3 Å². The molecule has 0 heterocycles. The van der Waals surface area contributed by atoms with Crippen molar-refractivity contribution in [2.24, 2.45) is 0 Å². The highest BCUT2D eigenvalue weighted by Crippen LogP contribution is 2.29. The van der Waals surface area contributed by atoms with Crippen LogP contribution in [0.4, 0.5) is 10.1 Å². The molecule has 2 nitrogen and oxygen atoms in total. The molecule has 0 aliphatic rings. The van der Waals surface area contributed by atoms with E-state index in [1.54, 1.807) is 13.2 Å². The third-order valence-corrected chi connectivity index (χ3v) is 3.60. The number of halogens is 2. The number of methoxy groups -OCH3 is 1. The van der Waals surface area contributed by atoms with Crippen LogP contribution in [0.5, 0.6) is 5.75 Å². The number of para-hydroxylation sites is 1. The lowest BCUT2D eigenvalue weighted by atomic mass is 10.1. The SMILES string of the molecule is COc1ccc(C(C)Nc2c(F)cccc2Br)cc1. The Kier molecular flexibility index (Phi) is 4.43. The van der Waals surface area contributed by atoms with Gasteiger partial charge in [0.25, 0.3) is 0 Å². The summed E-state index contributed by atoms with van der Waals surface area (Å²) in [7, 11) is 1.63. The minimum atomic E-state index is -0.269. The summed E-state index contributed by atoms with van der Waals surface area (Å²) in [5, 5.41) is 3.17. The van der Waals surface area contributed by atoms with Gasteiger partial charge in [-0.1, -0.05) is 18.2 Å². The first-order chi connectivity index (χ1) is 9.11. The van der Waals surface area contributed by atoms with Crippen LogP contribution in [0.2, 0.25) is 0 Å². The van der Waals surface area contributed by atoms with Crippen LogP contribution in [0.15, 0.2) is 46.9 Å². The minimum Gasteiger partial charge on any atom is -0.497 e. The van der Waals surface area contributed by atoms with E-state index < -0.39 is 0 Å². The van der Waals surface area contributed by atoms with Crippen LogP contribution in [-0.4, -0.2) is 7.11 Å². The topological polar surface area (TPSA) is 21.3 Å². The van der Waals surface area contributed by atoms with Crippen molar-refractivity contribution in [3.8, 4) is 5.75 Å². The molecule has 0 bridgehead atoms. The fourth-order valence-electron chi connectivity index (χ4n) is 1.83. The quantitative estimate of drug-likeness (QED) is 0.875.